The van der Waals surface area contributed by atoms with Gasteiger partial charge in [0.15, 0.2) is 0 Å². The van der Waals surface area contributed by atoms with E-state index in [1.807, 2.05) is 31.2 Å². The van der Waals surface area contributed by atoms with Gasteiger partial charge in [-0.15, -0.1) is 0 Å². The molecule has 1 fully saturated rings. The fourth-order valence-corrected chi connectivity index (χ4v) is 2.30. The summed E-state index contributed by atoms with van der Waals surface area (Å²) in [4.78, 5) is 14.3. The Hall–Kier alpha value is -1.46. The highest BCUT2D eigenvalue weighted by atomic mass is 32.1. The maximum absolute atomic E-state index is 12.2. The summed E-state index contributed by atoms with van der Waals surface area (Å²) in [5.41, 5.74) is 7.76. The van der Waals surface area contributed by atoms with Crippen molar-refractivity contribution < 1.29 is 9.53 Å². The molecule has 1 aromatic rings. The number of aryl methyl sites for hydroxylation is 1. The first-order chi connectivity index (χ1) is 9.06. The average molecular weight is 278 g/mol. The lowest BCUT2D eigenvalue weighted by atomic mass is 10.1. The maximum Gasteiger partial charge on any atom is 0.227 e. The molecule has 1 aliphatic heterocycles. The van der Waals surface area contributed by atoms with Crippen LogP contribution in [0.1, 0.15) is 11.1 Å². The molecule has 1 aliphatic rings. The molecule has 1 atom stereocenters. The molecular weight excluding hydrogens is 260 g/mol. The van der Waals surface area contributed by atoms with E-state index < -0.39 is 0 Å². The van der Waals surface area contributed by atoms with Crippen molar-refractivity contribution in [3.63, 3.8) is 0 Å². The summed E-state index contributed by atoms with van der Waals surface area (Å²) in [7, 11) is 0. The molecule has 19 heavy (non-hydrogen) atoms. The van der Waals surface area contributed by atoms with Gasteiger partial charge in [0.1, 0.15) is 11.1 Å². The van der Waals surface area contributed by atoms with Gasteiger partial charge in [-0.05, 0) is 12.5 Å². The van der Waals surface area contributed by atoms with Crippen LogP contribution >= 0.6 is 12.2 Å². The molecule has 102 valence electrons. The fraction of sp³-hybridized carbons (Fsp3) is 0.429. The standard InChI is InChI=1S/C14H18N2O2S/c1-10-3-2-4-11(7-10)8-13(17)16-5-6-18-12(9-16)14(15)19/h2-4,7,12H,5-6,8-9H2,1H3,(H2,15,19). The topological polar surface area (TPSA) is 55.6 Å². The van der Waals surface area contributed by atoms with Crippen LogP contribution in [0.3, 0.4) is 0 Å². The summed E-state index contributed by atoms with van der Waals surface area (Å²) in [6.45, 7) is 3.57. The van der Waals surface area contributed by atoms with Crippen molar-refractivity contribution in [3.8, 4) is 0 Å². The predicted octanol–water partition coefficient (Wildman–Crippen LogP) is 1.05. The third-order valence-corrected chi connectivity index (χ3v) is 3.44. The van der Waals surface area contributed by atoms with Crippen molar-refractivity contribution >= 4 is 23.1 Å². The van der Waals surface area contributed by atoms with E-state index in [2.05, 4.69) is 0 Å². The van der Waals surface area contributed by atoms with Gasteiger partial charge >= 0.3 is 0 Å². The first-order valence-electron chi connectivity index (χ1n) is 6.30. The van der Waals surface area contributed by atoms with E-state index in [4.69, 9.17) is 22.7 Å². The summed E-state index contributed by atoms with van der Waals surface area (Å²) in [5.74, 6) is 0.0927. The Balaban J connectivity index is 1.98. The number of nitrogens with zero attached hydrogens (tertiary/aromatic N) is 1. The van der Waals surface area contributed by atoms with Crippen molar-refractivity contribution in [1.82, 2.24) is 4.90 Å². The second-order valence-electron chi connectivity index (χ2n) is 4.77. The Morgan fingerprint density at radius 2 is 2.37 bits per heavy atom. The molecule has 0 radical (unpaired) electrons. The number of hydrogen-bond acceptors (Lipinski definition) is 3. The highest BCUT2D eigenvalue weighted by molar-refractivity contribution is 7.80. The lowest BCUT2D eigenvalue weighted by molar-refractivity contribution is -0.135. The molecule has 0 saturated carbocycles. The molecular formula is C14H18N2O2S. The number of thiocarbonyl (C=S) groups is 1. The first-order valence-corrected chi connectivity index (χ1v) is 6.71. The maximum atomic E-state index is 12.2. The van der Waals surface area contributed by atoms with Crippen LogP contribution in [0.15, 0.2) is 24.3 Å². The number of benzene rings is 1. The Labute approximate surface area is 118 Å². The molecule has 2 N–H and O–H groups in total. The summed E-state index contributed by atoms with van der Waals surface area (Å²) in [5, 5.41) is 0. The van der Waals surface area contributed by atoms with Crippen LogP contribution in [0.5, 0.6) is 0 Å². The zero-order valence-corrected chi connectivity index (χ0v) is 11.8. The largest absolute Gasteiger partial charge is 0.391 e. The van der Waals surface area contributed by atoms with Crippen LogP contribution in [-0.2, 0) is 16.0 Å². The van der Waals surface area contributed by atoms with E-state index in [0.29, 0.717) is 31.1 Å². The molecule has 0 bridgehead atoms. The van der Waals surface area contributed by atoms with Crippen LogP contribution in [-0.4, -0.2) is 41.6 Å². The van der Waals surface area contributed by atoms with Gasteiger partial charge < -0.3 is 15.4 Å². The highest BCUT2D eigenvalue weighted by Gasteiger charge is 2.25. The molecule has 2 rings (SSSR count). The summed E-state index contributed by atoms with van der Waals surface area (Å²) in [6, 6.07) is 7.99. The Bertz CT molecular complexity index is 490. The Morgan fingerprint density at radius 1 is 1.58 bits per heavy atom. The van der Waals surface area contributed by atoms with Crippen molar-refractivity contribution in [2.45, 2.75) is 19.4 Å². The Kier molecular flexibility index (Phi) is 4.50. The first kappa shape index (κ1) is 14.0. The van der Waals surface area contributed by atoms with Crippen LogP contribution in [0.2, 0.25) is 0 Å². The van der Waals surface area contributed by atoms with Gasteiger partial charge in [-0.3, -0.25) is 4.79 Å². The Morgan fingerprint density at radius 3 is 3.05 bits per heavy atom. The molecule has 1 heterocycles. The lowest BCUT2D eigenvalue weighted by Crippen LogP contribution is -2.50. The minimum absolute atomic E-state index is 0.0927. The molecule has 1 amide bonds. The number of rotatable bonds is 3. The van der Waals surface area contributed by atoms with E-state index in [9.17, 15) is 4.79 Å². The van der Waals surface area contributed by atoms with Gasteiger partial charge in [0.05, 0.1) is 19.6 Å². The molecule has 0 spiro atoms. The van der Waals surface area contributed by atoms with E-state index in [0.717, 1.165) is 11.1 Å². The van der Waals surface area contributed by atoms with Gasteiger partial charge in [0, 0.05) is 6.54 Å². The summed E-state index contributed by atoms with van der Waals surface area (Å²) in [6.07, 6.45) is 0.0938. The van der Waals surface area contributed by atoms with Gasteiger partial charge in [-0.25, -0.2) is 0 Å². The number of carbonyl (C=O) groups is 1. The molecule has 1 saturated heterocycles. The number of ether oxygens (including phenoxy) is 1. The van der Waals surface area contributed by atoms with E-state index in [1.54, 1.807) is 4.90 Å². The van der Waals surface area contributed by atoms with Crippen LogP contribution in [0.25, 0.3) is 0 Å². The van der Waals surface area contributed by atoms with E-state index in [-0.39, 0.29) is 12.0 Å². The number of carbonyl (C=O) groups excluding carboxylic acids is 1. The number of nitrogens with two attached hydrogens (primary N) is 1. The predicted molar refractivity (Wildman–Crippen MR) is 78.0 cm³/mol. The second kappa shape index (κ2) is 6.12. The minimum Gasteiger partial charge on any atom is -0.391 e. The monoisotopic (exact) mass is 278 g/mol. The van der Waals surface area contributed by atoms with Crippen molar-refractivity contribution in [2.24, 2.45) is 5.73 Å². The second-order valence-corrected chi connectivity index (χ2v) is 5.24. The van der Waals surface area contributed by atoms with Crippen molar-refractivity contribution in [3.05, 3.63) is 35.4 Å². The lowest BCUT2D eigenvalue weighted by Gasteiger charge is -2.32. The SMILES string of the molecule is Cc1cccc(CC(=O)N2CCOC(C(N)=S)C2)c1. The number of hydrogen-bond donors (Lipinski definition) is 1. The summed E-state index contributed by atoms with van der Waals surface area (Å²) >= 11 is 4.92. The fourth-order valence-electron chi connectivity index (χ4n) is 2.16. The zero-order chi connectivity index (χ0) is 13.8. The highest BCUT2D eigenvalue weighted by Crippen LogP contribution is 2.10. The third-order valence-electron chi connectivity index (χ3n) is 3.17. The van der Waals surface area contributed by atoms with Gasteiger partial charge in [0.25, 0.3) is 0 Å². The van der Waals surface area contributed by atoms with Crippen molar-refractivity contribution in [2.75, 3.05) is 19.7 Å². The molecule has 1 unspecified atom stereocenters. The smallest absolute Gasteiger partial charge is 0.227 e. The zero-order valence-electron chi connectivity index (χ0n) is 11.0. The van der Waals surface area contributed by atoms with Gasteiger partial charge in [-0.2, -0.15) is 0 Å². The quantitative estimate of drug-likeness (QED) is 0.840. The molecule has 4 nitrogen and oxygen atoms in total. The van der Waals surface area contributed by atoms with Gasteiger partial charge in [0.2, 0.25) is 5.91 Å². The van der Waals surface area contributed by atoms with Crippen LogP contribution in [0, 0.1) is 6.92 Å². The van der Waals surface area contributed by atoms with E-state index in [1.165, 1.54) is 0 Å². The molecule has 5 heteroatoms. The van der Waals surface area contributed by atoms with Crippen molar-refractivity contribution in [1.29, 1.82) is 0 Å². The number of amides is 1. The minimum atomic E-state index is -0.315. The van der Waals surface area contributed by atoms with Crippen LogP contribution < -0.4 is 5.73 Å². The van der Waals surface area contributed by atoms with E-state index >= 15 is 0 Å². The molecule has 0 aliphatic carbocycles. The number of morpholine rings is 1. The average Bonchev–Trinajstić information content (AvgIpc) is 2.39. The normalized spacial score (nSPS) is 19.2. The summed E-state index contributed by atoms with van der Waals surface area (Å²) < 4.78 is 5.43. The van der Waals surface area contributed by atoms with Crippen LogP contribution in [0.4, 0.5) is 0 Å². The molecule has 0 aromatic heterocycles. The third kappa shape index (κ3) is 3.75. The van der Waals surface area contributed by atoms with Gasteiger partial charge in [-0.1, -0.05) is 42.0 Å². The molecule has 1 aromatic carbocycles.